The molecule has 27 heavy (non-hydrogen) atoms. The summed E-state index contributed by atoms with van der Waals surface area (Å²) < 4.78 is 6.06. The van der Waals surface area contributed by atoms with Crippen LogP contribution in [0.3, 0.4) is 0 Å². The van der Waals surface area contributed by atoms with Gasteiger partial charge in [-0.1, -0.05) is 12.1 Å². The van der Waals surface area contributed by atoms with Crippen molar-refractivity contribution in [2.75, 3.05) is 20.0 Å². The Kier molecular flexibility index (Phi) is 7.56. The van der Waals surface area contributed by atoms with Crippen LogP contribution in [0.2, 0.25) is 0 Å². The minimum atomic E-state index is -1.03. The Morgan fingerprint density at radius 3 is 2.56 bits per heavy atom. The highest BCUT2D eigenvalue weighted by atomic mass is 32.2. The van der Waals surface area contributed by atoms with Gasteiger partial charge in [-0.2, -0.15) is 5.10 Å². The molecule has 1 heterocycles. The molecule has 2 aromatic rings. The van der Waals surface area contributed by atoms with E-state index in [4.69, 9.17) is 4.74 Å². The van der Waals surface area contributed by atoms with Crippen LogP contribution in [0.4, 0.5) is 0 Å². The van der Waals surface area contributed by atoms with Crippen molar-refractivity contribution in [3.8, 4) is 0 Å². The van der Waals surface area contributed by atoms with Crippen LogP contribution in [0, 0.1) is 0 Å². The molecule has 0 radical (unpaired) electrons. The number of methoxy groups -OCH3 is 1. The number of carboxylic acid groups (broad SMARTS) is 1. The molecule has 144 valence electrons. The van der Waals surface area contributed by atoms with Gasteiger partial charge in [0.25, 0.3) is 11.5 Å². The third-order valence-corrected chi connectivity index (χ3v) is 4.55. The van der Waals surface area contributed by atoms with Gasteiger partial charge in [-0.25, -0.2) is 4.68 Å². The van der Waals surface area contributed by atoms with Crippen molar-refractivity contribution in [2.45, 2.75) is 23.9 Å². The average molecular weight is 391 g/mol. The van der Waals surface area contributed by atoms with Gasteiger partial charge in [-0.05, 0) is 30.0 Å². The van der Waals surface area contributed by atoms with Gasteiger partial charge >= 0.3 is 5.97 Å². The molecule has 0 spiro atoms. The van der Waals surface area contributed by atoms with Crippen molar-refractivity contribution < 1.29 is 19.4 Å². The number of carbonyl (C=O) groups is 2. The summed E-state index contributed by atoms with van der Waals surface area (Å²) in [5, 5.41) is 15.9. The van der Waals surface area contributed by atoms with Gasteiger partial charge in [0.05, 0.1) is 25.6 Å². The highest BCUT2D eigenvalue weighted by Gasteiger charge is 2.20. The lowest BCUT2D eigenvalue weighted by Gasteiger charge is -2.18. The number of nitrogens with zero attached hydrogens (tertiary/aromatic N) is 2. The number of aliphatic carboxylic acids is 1. The molecule has 0 bridgehead atoms. The van der Waals surface area contributed by atoms with E-state index in [1.165, 1.54) is 19.2 Å². The smallest absolute Gasteiger partial charge is 0.305 e. The zero-order valence-corrected chi connectivity index (χ0v) is 15.9. The standard InChI is InChI=1S/C18H21N3O5S/c1-26-10-9-21-16(22)8-7-14(20-21)18(25)19-15(11-17(23)24)12-3-5-13(27-2)6-4-12/h3-8,15H,9-11H2,1-2H3,(H,19,25)(H,23,24). The summed E-state index contributed by atoms with van der Waals surface area (Å²) in [4.78, 5) is 36.6. The first kappa shape index (κ1) is 20.7. The van der Waals surface area contributed by atoms with E-state index in [9.17, 15) is 19.5 Å². The molecule has 9 heteroatoms. The number of aromatic nitrogens is 2. The van der Waals surface area contributed by atoms with E-state index in [1.807, 2.05) is 18.4 Å². The minimum absolute atomic E-state index is 0.0295. The molecule has 1 amide bonds. The summed E-state index contributed by atoms with van der Waals surface area (Å²) in [6.45, 7) is 0.493. The van der Waals surface area contributed by atoms with E-state index < -0.39 is 17.9 Å². The van der Waals surface area contributed by atoms with Crippen molar-refractivity contribution in [2.24, 2.45) is 0 Å². The number of thioether (sulfide) groups is 1. The van der Waals surface area contributed by atoms with Gasteiger partial charge in [0.15, 0.2) is 0 Å². The van der Waals surface area contributed by atoms with Crippen LogP contribution in [0.25, 0.3) is 0 Å². The second-order valence-corrected chi connectivity index (χ2v) is 6.55. The van der Waals surface area contributed by atoms with Crippen molar-refractivity contribution >= 4 is 23.6 Å². The number of amides is 1. The lowest BCUT2D eigenvalue weighted by Crippen LogP contribution is -2.33. The highest BCUT2D eigenvalue weighted by molar-refractivity contribution is 7.98. The van der Waals surface area contributed by atoms with Gasteiger partial charge in [0, 0.05) is 18.1 Å². The summed E-state index contributed by atoms with van der Waals surface area (Å²) in [6, 6.07) is 9.15. The molecule has 0 fully saturated rings. The maximum absolute atomic E-state index is 12.6. The molecular weight excluding hydrogens is 370 g/mol. The Balaban J connectivity index is 2.22. The SMILES string of the molecule is COCCn1nc(C(=O)NC(CC(=O)O)c2ccc(SC)cc2)ccc1=O. The van der Waals surface area contributed by atoms with Crippen LogP contribution >= 0.6 is 11.8 Å². The Morgan fingerprint density at radius 1 is 1.26 bits per heavy atom. The number of hydrogen-bond acceptors (Lipinski definition) is 6. The van der Waals surface area contributed by atoms with Crippen LogP contribution < -0.4 is 10.9 Å². The fourth-order valence-corrected chi connectivity index (χ4v) is 2.81. The Hall–Kier alpha value is -2.65. The lowest BCUT2D eigenvalue weighted by atomic mass is 10.0. The fourth-order valence-electron chi connectivity index (χ4n) is 2.40. The number of rotatable bonds is 9. The largest absolute Gasteiger partial charge is 0.481 e. The van der Waals surface area contributed by atoms with E-state index >= 15 is 0 Å². The first-order valence-corrected chi connectivity index (χ1v) is 9.40. The van der Waals surface area contributed by atoms with E-state index in [0.29, 0.717) is 5.56 Å². The van der Waals surface area contributed by atoms with Gasteiger partial charge in [0.1, 0.15) is 5.69 Å². The fraction of sp³-hybridized carbons (Fsp3) is 0.333. The minimum Gasteiger partial charge on any atom is -0.481 e. The van der Waals surface area contributed by atoms with Crippen LogP contribution in [-0.2, 0) is 16.1 Å². The van der Waals surface area contributed by atoms with Crippen molar-refractivity contribution in [3.05, 3.63) is 58.0 Å². The molecule has 0 aliphatic rings. The third kappa shape index (κ3) is 5.93. The first-order valence-electron chi connectivity index (χ1n) is 8.18. The van der Waals surface area contributed by atoms with E-state index in [0.717, 1.165) is 9.58 Å². The van der Waals surface area contributed by atoms with Gasteiger partial charge in [0.2, 0.25) is 0 Å². The number of hydrogen-bond donors (Lipinski definition) is 2. The predicted molar refractivity (Wildman–Crippen MR) is 101 cm³/mol. The molecule has 1 atom stereocenters. The van der Waals surface area contributed by atoms with E-state index in [-0.39, 0.29) is 30.8 Å². The van der Waals surface area contributed by atoms with Crippen LogP contribution in [-0.4, -0.2) is 46.7 Å². The van der Waals surface area contributed by atoms with Gasteiger partial charge < -0.3 is 15.2 Å². The predicted octanol–water partition coefficient (Wildman–Crippen LogP) is 1.56. The van der Waals surface area contributed by atoms with Gasteiger partial charge in [-0.3, -0.25) is 14.4 Å². The maximum Gasteiger partial charge on any atom is 0.305 e. The van der Waals surface area contributed by atoms with E-state index in [2.05, 4.69) is 10.4 Å². The van der Waals surface area contributed by atoms with Crippen LogP contribution in [0.1, 0.15) is 28.5 Å². The summed E-state index contributed by atoms with van der Waals surface area (Å²) in [6.07, 6.45) is 1.67. The molecule has 0 aliphatic heterocycles. The molecule has 0 aliphatic carbocycles. The third-order valence-electron chi connectivity index (χ3n) is 3.81. The molecule has 0 saturated carbocycles. The molecule has 2 N–H and O–H groups in total. The Labute approximate surface area is 160 Å². The lowest BCUT2D eigenvalue weighted by molar-refractivity contribution is -0.137. The quantitative estimate of drug-likeness (QED) is 0.624. The Bertz CT molecular complexity index is 851. The molecule has 8 nitrogen and oxygen atoms in total. The monoisotopic (exact) mass is 391 g/mol. The van der Waals surface area contributed by atoms with Crippen LogP contribution in [0.15, 0.2) is 46.1 Å². The first-order chi connectivity index (χ1) is 12.9. The average Bonchev–Trinajstić information content (AvgIpc) is 2.66. The van der Waals surface area contributed by atoms with Crippen molar-refractivity contribution in [3.63, 3.8) is 0 Å². The zero-order chi connectivity index (χ0) is 19.8. The van der Waals surface area contributed by atoms with Crippen molar-refractivity contribution in [1.82, 2.24) is 15.1 Å². The number of nitrogens with one attached hydrogen (secondary N) is 1. The van der Waals surface area contributed by atoms with E-state index in [1.54, 1.807) is 23.9 Å². The zero-order valence-electron chi connectivity index (χ0n) is 15.0. The maximum atomic E-state index is 12.6. The normalized spacial score (nSPS) is 11.8. The topological polar surface area (TPSA) is 111 Å². The number of carbonyl (C=O) groups excluding carboxylic acids is 1. The van der Waals surface area contributed by atoms with Crippen LogP contribution in [0.5, 0.6) is 0 Å². The molecule has 2 rings (SSSR count). The van der Waals surface area contributed by atoms with Crippen molar-refractivity contribution in [1.29, 1.82) is 0 Å². The summed E-state index contributed by atoms with van der Waals surface area (Å²) in [5.74, 6) is -1.59. The molecular formula is C18H21N3O5S. The Morgan fingerprint density at radius 2 is 1.96 bits per heavy atom. The number of ether oxygens (including phenoxy) is 1. The van der Waals surface area contributed by atoms with Gasteiger partial charge in [-0.15, -0.1) is 11.8 Å². The summed E-state index contributed by atoms with van der Waals surface area (Å²) in [5.41, 5.74) is 0.358. The highest BCUT2D eigenvalue weighted by Crippen LogP contribution is 2.21. The molecule has 1 unspecified atom stereocenters. The second kappa shape index (κ2) is 9.89. The summed E-state index contributed by atoms with van der Waals surface area (Å²) >= 11 is 1.57. The number of carboxylic acids is 1. The second-order valence-electron chi connectivity index (χ2n) is 5.67. The summed E-state index contributed by atoms with van der Waals surface area (Å²) in [7, 11) is 1.50. The molecule has 1 aromatic heterocycles. The molecule has 1 aromatic carbocycles. The molecule has 0 saturated heterocycles. The number of benzene rings is 1.